The van der Waals surface area contributed by atoms with Crippen LogP contribution in [0.1, 0.15) is 44.8 Å². The summed E-state index contributed by atoms with van der Waals surface area (Å²) in [4.78, 5) is 27.2. The Morgan fingerprint density at radius 2 is 1.68 bits per heavy atom. The second-order valence-electron chi connectivity index (χ2n) is 7.94. The maximum atomic E-state index is 12.8. The van der Waals surface area contributed by atoms with Gasteiger partial charge in [-0.2, -0.15) is 0 Å². The lowest BCUT2D eigenvalue weighted by Gasteiger charge is -2.32. The molecule has 3 aromatic rings. The lowest BCUT2D eigenvalue weighted by molar-refractivity contribution is 0.0692. The Balaban J connectivity index is 1.34. The van der Waals surface area contributed by atoms with Gasteiger partial charge in [-0.05, 0) is 63.1 Å². The summed E-state index contributed by atoms with van der Waals surface area (Å²) >= 11 is 5.92. The van der Waals surface area contributed by atoms with Gasteiger partial charge in [0.2, 0.25) is 0 Å². The summed E-state index contributed by atoms with van der Waals surface area (Å²) in [6.45, 7) is 5.09. The topological polar surface area (TPSA) is 80.1 Å². The highest BCUT2D eigenvalue weighted by Gasteiger charge is 2.26. The highest BCUT2D eigenvalue weighted by Crippen LogP contribution is 2.17. The van der Waals surface area contributed by atoms with E-state index >= 15 is 0 Å². The molecule has 8 heteroatoms. The predicted molar refractivity (Wildman–Crippen MR) is 119 cm³/mol. The zero-order chi connectivity index (χ0) is 22.0. The van der Waals surface area contributed by atoms with E-state index in [1.165, 1.54) is 0 Å². The maximum Gasteiger partial charge on any atom is 0.276 e. The standard InChI is InChI=1S/C23H24ClN5O2/c1-15-11-16(2)13-17(12-15)22(30)25-19-7-9-28(10-8-19)23(31)21-14-29(27-26-21)20-5-3-18(24)4-6-20/h3-6,11-14,19H,7-10H2,1-2H3,(H,25,30). The van der Waals surface area contributed by atoms with E-state index < -0.39 is 0 Å². The Hall–Kier alpha value is -3.19. The molecule has 2 heterocycles. The fourth-order valence-electron chi connectivity index (χ4n) is 3.85. The summed E-state index contributed by atoms with van der Waals surface area (Å²) in [7, 11) is 0. The van der Waals surface area contributed by atoms with Gasteiger partial charge in [0.1, 0.15) is 0 Å². The summed E-state index contributed by atoms with van der Waals surface area (Å²) < 4.78 is 1.56. The molecule has 0 atom stereocenters. The number of likely N-dealkylation sites (tertiary alicyclic amines) is 1. The van der Waals surface area contributed by atoms with Crippen molar-refractivity contribution in [1.82, 2.24) is 25.2 Å². The molecule has 0 spiro atoms. The van der Waals surface area contributed by atoms with Gasteiger partial charge in [0.05, 0.1) is 11.9 Å². The molecule has 2 aromatic carbocycles. The van der Waals surface area contributed by atoms with Crippen LogP contribution in [0.5, 0.6) is 0 Å². The summed E-state index contributed by atoms with van der Waals surface area (Å²) in [6.07, 6.45) is 3.03. The molecule has 31 heavy (non-hydrogen) atoms. The van der Waals surface area contributed by atoms with Gasteiger partial charge in [0.25, 0.3) is 11.8 Å². The van der Waals surface area contributed by atoms with Crippen LogP contribution in [0.3, 0.4) is 0 Å². The first-order valence-electron chi connectivity index (χ1n) is 10.3. The van der Waals surface area contributed by atoms with Gasteiger partial charge in [-0.15, -0.1) is 5.10 Å². The number of rotatable bonds is 4. The van der Waals surface area contributed by atoms with Gasteiger partial charge in [-0.1, -0.05) is 34.0 Å². The number of aryl methyl sites for hydroxylation is 2. The predicted octanol–water partition coefficient (Wildman–Crippen LogP) is 3.57. The number of carbonyl (C=O) groups is 2. The lowest BCUT2D eigenvalue weighted by atomic mass is 10.0. The first-order valence-corrected chi connectivity index (χ1v) is 10.6. The van der Waals surface area contributed by atoms with E-state index in [2.05, 4.69) is 15.6 Å². The van der Waals surface area contributed by atoms with Gasteiger partial charge >= 0.3 is 0 Å². The number of benzene rings is 2. The van der Waals surface area contributed by atoms with Crippen LogP contribution in [0.25, 0.3) is 5.69 Å². The van der Waals surface area contributed by atoms with E-state index in [1.54, 1.807) is 27.9 Å². The summed E-state index contributed by atoms with van der Waals surface area (Å²) in [5.41, 5.74) is 3.89. The van der Waals surface area contributed by atoms with Crippen molar-refractivity contribution in [2.75, 3.05) is 13.1 Å². The van der Waals surface area contributed by atoms with Gasteiger partial charge in [0, 0.05) is 29.7 Å². The number of aromatic nitrogens is 3. The van der Waals surface area contributed by atoms with E-state index in [9.17, 15) is 9.59 Å². The van der Waals surface area contributed by atoms with Gasteiger partial charge in [-0.25, -0.2) is 4.68 Å². The maximum absolute atomic E-state index is 12.8. The molecule has 1 aliphatic rings. The number of hydrogen-bond acceptors (Lipinski definition) is 4. The molecule has 1 aromatic heterocycles. The van der Waals surface area contributed by atoms with E-state index in [4.69, 9.17) is 11.6 Å². The van der Waals surface area contributed by atoms with Gasteiger partial charge in [0.15, 0.2) is 5.69 Å². The van der Waals surface area contributed by atoms with E-state index in [0.29, 0.717) is 42.2 Å². The molecule has 0 unspecified atom stereocenters. The molecule has 7 nitrogen and oxygen atoms in total. The number of amides is 2. The fraction of sp³-hybridized carbons (Fsp3) is 0.304. The number of halogens is 1. The zero-order valence-electron chi connectivity index (χ0n) is 17.5. The molecule has 1 N–H and O–H groups in total. The monoisotopic (exact) mass is 437 g/mol. The molecular weight excluding hydrogens is 414 g/mol. The lowest BCUT2D eigenvalue weighted by Crippen LogP contribution is -2.46. The van der Waals surface area contributed by atoms with Crippen molar-refractivity contribution in [3.8, 4) is 5.69 Å². The number of hydrogen-bond donors (Lipinski definition) is 1. The SMILES string of the molecule is Cc1cc(C)cc(C(=O)NC2CCN(C(=O)c3cn(-c4ccc(Cl)cc4)nn3)CC2)c1. The molecule has 160 valence electrons. The second kappa shape index (κ2) is 8.89. The molecule has 4 rings (SSSR count). The molecule has 0 saturated carbocycles. The van der Waals surface area contributed by atoms with Crippen LogP contribution in [-0.2, 0) is 0 Å². The van der Waals surface area contributed by atoms with Crippen molar-refractivity contribution in [2.45, 2.75) is 32.7 Å². The Labute approximate surface area is 186 Å². The van der Waals surface area contributed by atoms with E-state index in [-0.39, 0.29) is 17.9 Å². The van der Waals surface area contributed by atoms with Crippen LogP contribution in [-0.4, -0.2) is 50.8 Å². The summed E-state index contributed by atoms with van der Waals surface area (Å²) in [6, 6.07) is 13.0. The Morgan fingerprint density at radius 1 is 1.03 bits per heavy atom. The van der Waals surface area contributed by atoms with Crippen molar-refractivity contribution in [1.29, 1.82) is 0 Å². The van der Waals surface area contributed by atoms with Crippen LogP contribution < -0.4 is 5.32 Å². The minimum Gasteiger partial charge on any atom is -0.349 e. The third-order valence-electron chi connectivity index (χ3n) is 5.40. The summed E-state index contributed by atoms with van der Waals surface area (Å²) in [5, 5.41) is 11.8. The van der Waals surface area contributed by atoms with Crippen LogP contribution in [0.4, 0.5) is 0 Å². The van der Waals surface area contributed by atoms with Crippen molar-refractivity contribution in [3.05, 3.63) is 76.1 Å². The molecule has 1 saturated heterocycles. The Kier molecular flexibility index (Phi) is 6.04. The highest BCUT2D eigenvalue weighted by atomic mass is 35.5. The Morgan fingerprint density at radius 3 is 2.32 bits per heavy atom. The number of piperidine rings is 1. The van der Waals surface area contributed by atoms with E-state index in [0.717, 1.165) is 16.8 Å². The Bertz CT molecular complexity index is 1080. The molecular formula is C23H24ClN5O2. The minimum absolute atomic E-state index is 0.0436. The first-order chi connectivity index (χ1) is 14.9. The molecule has 0 aliphatic carbocycles. The smallest absolute Gasteiger partial charge is 0.276 e. The second-order valence-corrected chi connectivity index (χ2v) is 8.38. The van der Waals surface area contributed by atoms with Crippen LogP contribution in [0.2, 0.25) is 5.02 Å². The molecule has 0 bridgehead atoms. The summed E-state index contributed by atoms with van der Waals surface area (Å²) in [5.74, 6) is -0.221. The van der Waals surface area contributed by atoms with Crippen molar-refractivity contribution in [3.63, 3.8) is 0 Å². The number of nitrogens with zero attached hydrogens (tertiary/aromatic N) is 4. The normalized spacial score (nSPS) is 14.5. The minimum atomic E-state index is -0.153. The van der Waals surface area contributed by atoms with Crippen molar-refractivity contribution < 1.29 is 9.59 Å². The van der Waals surface area contributed by atoms with Crippen molar-refractivity contribution in [2.24, 2.45) is 0 Å². The van der Waals surface area contributed by atoms with Gasteiger partial charge < -0.3 is 10.2 Å². The molecule has 1 aliphatic heterocycles. The molecule has 2 amide bonds. The number of nitrogens with one attached hydrogen (secondary N) is 1. The zero-order valence-corrected chi connectivity index (χ0v) is 18.3. The van der Waals surface area contributed by atoms with Crippen LogP contribution >= 0.6 is 11.6 Å². The average Bonchev–Trinajstić information content (AvgIpc) is 3.24. The highest BCUT2D eigenvalue weighted by molar-refractivity contribution is 6.30. The van der Waals surface area contributed by atoms with Crippen LogP contribution in [0.15, 0.2) is 48.7 Å². The largest absolute Gasteiger partial charge is 0.349 e. The third-order valence-corrected chi connectivity index (χ3v) is 5.66. The molecule has 1 fully saturated rings. The van der Waals surface area contributed by atoms with Gasteiger partial charge in [-0.3, -0.25) is 9.59 Å². The van der Waals surface area contributed by atoms with E-state index in [1.807, 2.05) is 44.2 Å². The van der Waals surface area contributed by atoms with Crippen LogP contribution in [0, 0.1) is 13.8 Å². The quantitative estimate of drug-likeness (QED) is 0.676. The molecule has 0 radical (unpaired) electrons. The van der Waals surface area contributed by atoms with Crippen molar-refractivity contribution >= 4 is 23.4 Å². The number of carbonyl (C=O) groups excluding carboxylic acids is 2. The fourth-order valence-corrected chi connectivity index (χ4v) is 3.97. The third kappa shape index (κ3) is 4.94. The first kappa shape index (κ1) is 21.1. The average molecular weight is 438 g/mol.